The van der Waals surface area contributed by atoms with E-state index in [0.717, 1.165) is 55.2 Å². The minimum atomic E-state index is 0.670. The number of rotatable bonds is 6. The van der Waals surface area contributed by atoms with Crippen LogP contribution in [0.2, 0.25) is 0 Å². The van der Waals surface area contributed by atoms with Gasteiger partial charge in [-0.25, -0.2) is 4.98 Å². The molecule has 2 aliphatic heterocycles. The molecule has 2 aliphatic rings. The maximum Gasteiger partial charge on any atom is 0.193 e. The van der Waals surface area contributed by atoms with Gasteiger partial charge in [-0.05, 0) is 12.8 Å². The number of aromatic nitrogens is 1. The molecule has 1 saturated heterocycles. The molecule has 3 rings (SSSR count). The van der Waals surface area contributed by atoms with Crippen molar-refractivity contribution in [1.82, 2.24) is 20.1 Å². The monoisotopic (exact) mass is 351 g/mol. The lowest BCUT2D eigenvalue weighted by Crippen LogP contribution is -2.43. The molecule has 1 atom stereocenters. The van der Waals surface area contributed by atoms with Crippen LogP contribution >= 0.6 is 23.1 Å². The zero-order valence-electron chi connectivity index (χ0n) is 13.6. The first-order valence-corrected chi connectivity index (χ1v) is 10.1. The van der Waals surface area contributed by atoms with E-state index in [1.54, 1.807) is 11.3 Å². The molecule has 1 unspecified atom stereocenters. The molecule has 23 heavy (non-hydrogen) atoms. The number of nitrogens with zero attached hydrogens (tertiary/aromatic N) is 4. The summed E-state index contributed by atoms with van der Waals surface area (Å²) in [5.41, 5.74) is 0. The van der Waals surface area contributed by atoms with Crippen molar-refractivity contribution < 1.29 is 0 Å². The lowest BCUT2D eigenvalue weighted by molar-refractivity contribution is 0.259. The third-order valence-corrected chi connectivity index (χ3v) is 6.33. The molecule has 0 bridgehead atoms. The van der Waals surface area contributed by atoms with Gasteiger partial charge >= 0.3 is 0 Å². The molecule has 3 heterocycles. The lowest BCUT2D eigenvalue weighted by Gasteiger charge is -2.25. The predicted molar refractivity (Wildman–Crippen MR) is 99.5 cm³/mol. The fourth-order valence-electron chi connectivity index (χ4n) is 3.07. The smallest absolute Gasteiger partial charge is 0.193 e. The average Bonchev–Trinajstić information content (AvgIpc) is 3.32. The van der Waals surface area contributed by atoms with Crippen molar-refractivity contribution in [2.75, 3.05) is 45.5 Å². The Morgan fingerprint density at radius 2 is 2.35 bits per heavy atom. The Morgan fingerprint density at radius 1 is 1.48 bits per heavy atom. The molecule has 7 heteroatoms. The number of likely N-dealkylation sites (tertiary alicyclic amines) is 1. The van der Waals surface area contributed by atoms with E-state index in [2.05, 4.69) is 37.2 Å². The van der Waals surface area contributed by atoms with Gasteiger partial charge in [-0.1, -0.05) is 23.9 Å². The van der Waals surface area contributed by atoms with Gasteiger partial charge in [0.05, 0.1) is 0 Å². The average molecular weight is 352 g/mol. The highest BCUT2D eigenvalue weighted by molar-refractivity contribution is 8.00. The van der Waals surface area contributed by atoms with E-state index in [1.807, 2.05) is 30.4 Å². The quantitative estimate of drug-likeness (QED) is 0.280. The molecule has 1 aromatic rings. The molecule has 0 saturated carbocycles. The van der Waals surface area contributed by atoms with Crippen LogP contribution in [0.1, 0.15) is 12.8 Å². The van der Waals surface area contributed by atoms with Gasteiger partial charge in [-0.2, -0.15) is 0 Å². The largest absolute Gasteiger partial charge is 0.356 e. The van der Waals surface area contributed by atoms with Gasteiger partial charge in [0.1, 0.15) is 4.34 Å². The Hall–Kier alpha value is -1.05. The van der Waals surface area contributed by atoms with Gasteiger partial charge in [0.15, 0.2) is 5.96 Å². The molecule has 1 fully saturated rings. The molecule has 1 N–H and O–H groups in total. The van der Waals surface area contributed by atoms with Crippen LogP contribution in [0.3, 0.4) is 0 Å². The van der Waals surface area contributed by atoms with Crippen LogP contribution in [0, 0.1) is 0 Å². The highest BCUT2D eigenvalue weighted by Crippen LogP contribution is 2.20. The lowest BCUT2D eigenvalue weighted by atomic mass is 10.2. The standard InChI is InChI=1S/C16H25N5S2/c1-17-15(18-6-4-11-22-16-19-7-12-23-16)21-10-5-14(13-21)20-8-2-3-9-20/h2-3,7,12,14H,4-6,8-11,13H2,1H3,(H,17,18). The third-order valence-electron chi connectivity index (χ3n) is 4.28. The van der Waals surface area contributed by atoms with Crippen LogP contribution in [-0.2, 0) is 0 Å². The molecule has 126 valence electrons. The van der Waals surface area contributed by atoms with E-state index in [4.69, 9.17) is 0 Å². The van der Waals surface area contributed by atoms with Crippen LogP contribution in [0.15, 0.2) is 33.1 Å². The topological polar surface area (TPSA) is 43.8 Å². The van der Waals surface area contributed by atoms with Crippen molar-refractivity contribution >= 4 is 29.1 Å². The molecular formula is C16H25N5S2. The van der Waals surface area contributed by atoms with Gasteiger partial charge in [0.2, 0.25) is 0 Å². The fourth-order valence-corrected chi connectivity index (χ4v) is 4.72. The number of hydrogen-bond acceptors (Lipinski definition) is 5. The Kier molecular flexibility index (Phi) is 6.36. The van der Waals surface area contributed by atoms with E-state index in [1.165, 1.54) is 6.42 Å². The van der Waals surface area contributed by atoms with Gasteiger partial charge in [-0.15, -0.1) is 11.3 Å². The predicted octanol–water partition coefficient (Wildman–Crippen LogP) is 2.15. The van der Waals surface area contributed by atoms with Crippen molar-refractivity contribution in [3.8, 4) is 0 Å². The second-order valence-electron chi connectivity index (χ2n) is 5.79. The minimum absolute atomic E-state index is 0.670. The highest BCUT2D eigenvalue weighted by Gasteiger charge is 2.29. The summed E-state index contributed by atoms with van der Waals surface area (Å²) in [5, 5.41) is 5.54. The zero-order chi connectivity index (χ0) is 15.9. The zero-order valence-corrected chi connectivity index (χ0v) is 15.3. The van der Waals surface area contributed by atoms with Crippen molar-refractivity contribution in [2.45, 2.75) is 23.2 Å². The van der Waals surface area contributed by atoms with Crippen molar-refractivity contribution in [3.63, 3.8) is 0 Å². The molecular weight excluding hydrogens is 326 g/mol. The van der Waals surface area contributed by atoms with Crippen molar-refractivity contribution in [1.29, 1.82) is 0 Å². The number of nitrogens with one attached hydrogen (secondary N) is 1. The summed E-state index contributed by atoms with van der Waals surface area (Å²) in [7, 11) is 1.89. The van der Waals surface area contributed by atoms with E-state index in [-0.39, 0.29) is 0 Å². The number of hydrogen-bond donors (Lipinski definition) is 1. The van der Waals surface area contributed by atoms with E-state index in [0.29, 0.717) is 6.04 Å². The van der Waals surface area contributed by atoms with E-state index in [9.17, 15) is 0 Å². The van der Waals surface area contributed by atoms with Crippen LogP contribution in [0.5, 0.6) is 0 Å². The van der Waals surface area contributed by atoms with Crippen LogP contribution in [-0.4, -0.2) is 72.3 Å². The summed E-state index contributed by atoms with van der Waals surface area (Å²) < 4.78 is 1.16. The molecule has 0 aliphatic carbocycles. The normalized spacial score (nSPS) is 22.2. The Balaban J connectivity index is 1.35. The molecule has 1 aromatic heterocycles. The first kappa shape index (κ1) is 16.8. The summed E-state index contributed by atoms with van der Waals surface area (Å²) in [5.74, 6) is 2.15. The Morgan fingerprint density at radius 3 is 3.09 bits per heavy atom. The van der Waals surface area contributed by atoms with Crippen molar-refractivity contribution in [3.05, 3.63) is 23.7 Å². The van der Waals surface area contributed by atoms with Gasteiger partial charge in [-0.3, -0.25) is 9.89 Å². The summed E-state index contributed by atoms with van der Waals surface area (Å²) in [6.07, 6.45) is 8.78. The van der Waals surface area contributed by atoms with E-state index < -0.39 is 0 Å². The van der Waals surface area contributed by atoms with Crippen LogP contribution in [0.25, 0.3) is 0 Å². The fraction of sp³-hybridized carbons (Fsp3) is 0.625. The number of guanidine groups is 1. The van der Waals surface area contributed by atoms with Gasteiger partial charge in [0, 0.05) is 63.1 Å². The summed E-state index contributed by atoms with van der Waals surface area (Å²) >= 11 is 3.55. The molecule has 0 aromatic carbocycles. The SMILES string of the molecule is CN=C(NCCCSc1nccs1)N1CCC(N2CC=CC2)C1. The highest BCUT2D eigenvalue weighted by atomic mass is 32.2. The van der Waals surface area contributed by atoms with Crippen molar-refractivity contribution in [2.24, 2.45) is 4.99 Å². The number of thioether (sulfide) groups is 1. The molecule has 0 radical (unpaired) electrons. The van der Waals surface area contributed by atoms with E-state index >= 15 is 0 Å². The van der Waals surface area contributed by atoms with Crippen LogP contribution in [0.4, 0.5) is 0 Å². The minimum Gasteiger partial charge on any atom is -0.356 e. The number of aliphatic imine (C=N–C) groups is 1. The second kappa shape index (κ2) is 8.70. The first-order chi connectivity index (χ1) is 11.4. The Bertz CT molecular complexity index is 521. The van der Waals surface area contributed by atoms with Crippen LogP contribution < -0.4 is 5.32 Å². The maximum atomic E-state index is 4.46. The molecule has 0 amide bonds. The third kappa shape index (κ3) is 4.71. The first-order valence-electron chi connectivity index (χ1n) is 8.24. The molecule has 0 spiro atoms. The maximum absolute atomic E-state index is 4.46. The molecule has 5 nitrogen and oxygen atoms in total. The van der Waals surface area contributed by atoms with Gasteiger partial charge in [0.25, 0.3) is 0 Å². The summed E-state index contributed by atoms with van der Waals surface area (Å²) in [4.78, 5) is 13.7. The summed E-state index contributed by atoms with van der Waals surface area (Å²) in [6.45, 7) is 5.39. The summed E-state index contributed by atoms with van der Waals surface area (Å²) in [6, 6.07) is 0.670. The second-order valence-corrected chi connectivity index (χ2v) is 8.02. The number of thiazole rings is 1. The Labute approximate surface area is 146 Å². The van der Waals surface area contributed by atoms with Gasteiger partial charge < -0.3 is 10.2 Å².